The van der Waals surface area contributed by atoms with Gasteiger partial charge in [-0.15, -0.1) is 0 Å². The van der Waals surface area contributed by atoms with Crippen molar-refractivity contribution in [2.75, 3.05) is 18.5 Å². The van der Waals surface area contributed by atoms with Crippen molar-refractivity contribution >= 4 is 11.6 Å². The maximum Gasteiger partial charge on any atom is 0.256 e. The Kier molecular flexibility index (Phi) is 6.60. The number of amides is 1. The van der Waals surface area contributed by atoms with E-state index in [0.717, 1.165) is 43.5 Å². The third kappa shape index (κ3) is 4.69. The number of hydrogen-bond acceptors (Lipinski definition) is 4. The number of rotatable bonds is 10. The van der Waals surface area contributed by atoms with Gasteiger partial charge in [-0.3, -0.25) is 4.79 Å². The number of pyridine rings is 1. The molecule has 5 nitrogen and oxygen atoms in total. The van der Waals surface area contributed by atoms with Crippen molar-refractivity contribution in [3.8, 4) is 5.88 Å². The van der Waals surface area contributed by atoms with Gasteiger partial charge in [0.15, 0.2) is 0 Å². The summed E-state index contributed by atoms with van der Waals surface area (Å²) in [5.74, 6) is 0.836. The van der Waals surface area contributed by atoms with Gasteiger partial charge in [0, 0.05) is 12.7 Å². The molecule has 1 unspecified atom stereocenters. The maximum absolute atomic E-state index is 12.8. The Morgan fingerprint density at radius 3 is 2.62 bits per heavy atom. The van der Waals surface area contributed by atoms with E-state index in [1.165, 1.54) is 0 Å². The molecule has 134 valence electrons. The second-order valence-corrected chi connectivity index (χ2v) is 6.67. The lowest BCUT2D eigenvalue weighted by atomic mass is 9.98. The Labute approximate surface area is 145 Å². The van der Waals surface area contributed by atoms with Gasteiger partial charge in [0.25, 0.3) is 5.91 Å². The molecule has 1 atom stereocenters. The Hall–Kier alpha value is -1.62. The fourth-order valence-corrected chi connectivity index (χ4v) is 2.64. The van der Waals surface area contributed by atoms with Crippen LogP contribution in [0.2, 0.25) is 0 Å². The van der Waals surface area contributed by atoms with Crippen LogP contribution in [0.3, 0.4) is 0 Å². The van der Waals surface area contributed by atoms with Crippen molar-refractivity contribution in [3.63, 3.8) is 0 Å². The van der Waals surface area contributed by atoms with Crippen LogP contribution >= 0.6 is 0 Å². The maximum atomic E-state index is 12.8. The quantitative estimate of drug-likeness (QED) is 0.654. The molecule has 1 N–H and O–H groups in total. The molecule has 0 aromatic carbocycles. The minimum Gasteiger partial charge on any atom is -0.478 e. The normalized spacial score (nSPS) is 16.5. The summed E-state index contributed by atoms with van der Waals surface area (Å²) in [6.45, 7) is 9.22. The molecule has 0 spiro atoms. The zero-order valence-electron chi connectivity index (χ0n) is 15.4. The highest BCUT2D eigenvalue weighted by molar-refractivity contribution is 5.98. The van der Waals surface area contributed by atoms with Gasteiger partial charge >= 0.3 is 0 Å². The minimum absolute atomic E-state index is 0.0806. The summed E-state index contributed by atoms with van der Waals surface area (Å²) >= 11 is 0. The highest BCUT2D eigenvalue weighted by atomic mass is 16.5. The lowest BCUT2D eigenvalue weighted by molar-refractivity contribution is -0.142. The van der Waals surface area contributed by atoms with E-state index in [4.69, 9.17) is 9.47 Å². The van der Waals surface area contributed by atoms with Crippen LogP contribution in [0.1, 0.15) is 58.6 Å². The number of hydrogen-bond donors (Lipinski definition) is 1. The van der Waals surface area contributed by atoms with Crippen molar-refractivity contribution in [1.82, 2.24) is 4.98 Å². The fourth-order valence-electron chi connectivity index (χ4n) is 2.64. The predicted octanol–water partition coefficient (Wildman–Crippen LogP) is 4.10. The second kappa shape index (κ2) is 8.47. The van der Waals surface area contributed by atoms with Gasteiger partial charge in [0.2, 0.25) is 5.88 Å². The van der Waals surface area contributed by atoms with Crippen LogP contribution in [0.25, 0.3) is 0 Å². The lowest BCUT2D eigenvalue weighted by Gasteiger charge is -2.29. The standard InChI is InChI=1S/C19H30N2O3/c1-5-7-13-23-17-11-10-16(14(3)20-17)21-18(22)19(4,15-8-9-15)24-12-6-2/h10-11,15H,5-9,12-13H2,1-4H3,(H,21,22). The van der Waals surface area contributed by atoms with E-state index in [1.807, 2.05) is 19.9 Å². The number of nitrogens with one attached hydrogen (secondary N) is 1. The molecule has 1 saturated carbocycles. The molecule has 1 heterocycles. The van der Waals surface area contributed by atoms with E-state index < -0.39 is 5.60 Å². The van der Waals surface area contributed by atoms with E-state index in [-0.39, 0.29) is 5.91 Å². The third-order valence-electron chi connectivity index (χ3n) is 4.47. The van der Waals surface area contributed by atoms with Crippen LogP contribution in [0.5, 0.6) is 5.88 Å². The third-order valence-corrected chi connectivity index (χ3v) is 4.47. The van der Waals surface area contributed by atoms with Crippen LogP contribution < -0.4 is 10.1 Å². The first-order valence-electron chi connectivity index (χ1n) is 9.07. The molecule has 5 heteroatoms. The molecule has 1 aromatic heterocycles. The molecule has 1 aromatic rings. The molecule has 24 heavy (non-hydrogen) atoms. The Bertz CT molecular complexity index is 558. The highest BCUT2D eigenvalue weighted by Gasteiger charge is 2.48. The van der Waals surface area contributed by atoms with E-state index in [2.05, 4.69) is 24.1 Å². The molecule has 0 saturated heterocycles. The molecular formula is C19H30N2O3. The molecule has 0 radical (unpaired) electrons. The van der Waals surface area contributed by atoms with Crippen molar-refractivity contribution in [3.05, 3.63) is 17.8 Å². The molecule has 0 bridgehead atoms. The van der Waals surface area contributed by atoms with Gasteiger partial charge in [-0.05, 0) is 51.5 Å². The number of ether oxygens (including phenoxy) is 2. The summed E-state index contributed by atoms with van der Waals surface area (Å²) in [5.41, 5.74) is 0.722. The molecular weight excluding hydrogens is 304 g/mol. The van der Waals surface area contributed by atoms with Gasteiger partial charge in [0.05, 0.1) is 18.0 Å². The topological polar surface area (TPSA) is 60.5 Å². The van der Waals surface area contributed by atoms with Gasteiger partial charge < -0.3 is 14.8 Å². The highest BCUT2D eigenvalue weighted by Crippen LogP contribution is 2.42. The van der Waals surface area contributed by atoms with E-state index in [0.29, 0.717) is 25.0 Å². The Morgan fingerprint density at radius 2 is 2.04 bits per heavy atom. The summed E-state index contributed by atoms with van der Waals surface area (Å²) in [7, 11) is 0. The number of carbonyl (C=O) groups excluding carboxylic acids is 1. The van der Waals surface area contributed by atoms with E-state index >= 15 is 0 Å². The summed E-state index contributed by atoms with van der Waals surface area (Å²) < 4.78 is 11.5. The number of aromatic nitrogens is 1. The zero-order valence-corrected chi connectivity index (χ0v) is 15.4. The lowest BCUT2D eigenvalue weighted by Crippen LogP contribution is -2.45. The Morgan fingerprint density at radius 1 is 1.29 bits per heavy atom. The smallest absolute Gasteiger partial charge is 0.256 e. The number of anilines is 1. The zero-order chi connectivity index (χ0) is 17.6. The Balaban J connectivity index is 2.02. The van der Waals surface area contributed by atoms with Gasteiger partial charge in [-0.25, -0.2) is 4.98 Å². The SMILES string of the molecule is CCCCOc1ccc(NC(=O)C(C)(OCCC)C2CC2)c(C)n1. The van der Waals surface area contributed by atoms with Crippen molar-refractivity contribution < 1.29 is 14.3 Å². The first-order valence-corrected chi connectivity index (χ1v) is 9.07. The predicted molar refractivity (Wildman–Crippen MR) is 95.4 cm³/mol. The number of carbonyl (C=O) groups is 1. The van der Waals surface area contributed by atoms with Crippen LogP contribution in [0, 0.1) is 12.8 Å². The molecule has 1 aliphatic carbocycles. The monoisotopic (exact) mass is 334 g/mol. The first-order chi connectivity index (χ1) is 11.5. The average molecular weight is 334 g/mol. The van der Waals surface area contributed by atoms with Crippen molar-refractivity contribution in [1.29, 1.82) is 0 Å². The number of aryl methyl sites for hydroxylation is 1. The van der Waals surface area contributed by atoms with Crippen LogP contribution in [0.15, 0.2) is 12.1 Å². The van der Waals surface area contributed by atoms with Crippen molar-refractivity contribution in [2.24, 2.45) is 5.92 Å². The fraction of sp³-hybridized carbons (Fsp3) is 0.684. The molecule has 1 fully saturated rings. The summed E-state index contributed by atoms with van der Waals surface area (Å²) in [5, 5.41) is 2.99. The summed E-state index contributed by atoms with van der Waals surface area (Å²) in [6.07, 6.45) is 5.10. The molecule has 1 aliphatic rings. The molecule has 2 rings (SSSR count). The van der Waals surface area contributed by atoms with Crippen LogP contribution in [0.4, 0.5) is 5.69 Å². The number of unbranched alkanes of at least 4 members (excludes halogenated alkanes) is 1. The van der Waals surface area contributed by atoms with E-state index in [9.17, 15) is 4.79 Å². The largest absolute Gasteiger partial charge is 0.478 e. The van der Waals surface area contributed by atoms with Gasteiger partial charge in [0.1, 0.15) is 5.60 Å². The second-order valence-electron chi connectivity index (χ2n) is 6.67. The molecule has 0 aliphatic heterocycles. The average Bonchev–Trinajstić information content (AvgIpc) is 3.40. The van der Waals surface area contributed by atoms with Crippen molar-refractivity contribution in [2.45, 2.75) is 65.4 Å². The van der Waals surface area contributed by atoms with Gasteiger partial charge in [-0.2, -0.15) is 0 Å². The van der Waals surface area contributed by atoms with E-state index in [1.54, 1.807) is 6.07 Å². The first kappa shape index (κ1) is 18.7. The van der Waals surface area contributed by atoms with Crippen LogP contribution in [-0.2, 0) is 9.53 Å². The summed E-state index contributed by atoms with van der Waals surface area (Å²) in [6, 6.07) is 3.66. The minimum atomic E-state index is -0.751. The molecule has 1 amide bonds. The van der Waals surface area contributed by atoms with Crippen LogP contribution in [-0.4, -0.2) is 29.7 Å². The number of nitrogens with zero attached hydrogens (tertiary/aromatic N) is 1. The summed E-state index contributed by atoms with van der Waals surface area (Å²) in [4.78, 5) is 17.2. The van der Waals surface area contributed by atoms with Gasteiger partial charge in [-0.1, -0.05) is 20.3 Å².